The molecular formula is C27H24N4O. The summed E-state index contributed by atoms with van der Waals surface area (Å²) in [6.45, 7) is 6.36. The molecule has 0 unspecified atom stereocenters. The van der Waals surface area contributed by atoms with Crippen LogP contribution in [0.5, 0.6) is 0 Å². The molecule has 2 heterocycles. The van der Waals surface area contributed by atoms with Gasteiger partial charge in [-0.3, -0.25) is 9.36 Å². The molecule has 3 aromatic carbocycles. The highest BCUT2D eigenvalue weighted by molar-refractivity contribution is 5.79. The Morgan fingerprint density at radius 1 is 0.812 bits per heavy atom. The second-order valence-corrected chi connectivity index (χ2v) is 8.32. The highest BCUT2D eigenvalue weighted by Crippen LogP contribution is 2.25. The molecule has 0 N–H and O–H groups in total. The second kappa shape index (κ2) is 7.93. The first-order chi connectivity index (χ1) is 15.5. The first kappa shape index (κ1) is 19.9. The predicted molar refractivity (Wildman–Crippen MR) is 129 cm³/mol. The van der Waals surface area contributed by atoms with Gasteiger partial charge in [0, 0.05) is 5.56 Å². The van der Waals surface area contributed by atoms with Crippen LogP contribution in [0, 0.1) is 6.92 Å². The summed E-state index contributed by atoms with van der Waals surface area (Å²) >= 11 is 0. The molecule has 5 rings (SSSR count). The van der Waals surface area contributed by atoms with Crippen LogP contribution in [-0.4, -0.2) is 19.3 Å². The third-order valence-electron chi connectivity index (χ3n) is 5.73. The van der Waals surface area contributed by atoms with Crippen LogP contribution in [0.4, 0.5) is 0 Å². The maximum atomic E-state index is 13.7. The van der Waals surface area contributed by atoms with Gasteiger partial charge in [0.1, 0.15) is 11.2 Å². The van der Waals surface area contributed by atoms with Crippen LogP contribution < -0.4 is 5.56 Å². The van der Waals surface area contributed by atoms with E-state index in [1.54, 1.807) is 15.4 Å². The standard InChI is InChI=1S/C27H24N4O/c1-18(2)20-13-15-22(16-14-20)30-25(21-11-9-19(3)10-12-21)29-26-24(27(30)32)17-28-31(26)23-7-5-4-6-8-23/h4-18H,1-3H3. The SMILES string of the molecule is Cc1ccc(-c2nc3c(cnn3-c3ccccc3)c(=O)n2-c2ccc(C(C)C)cc2)cc1. The molecule has 0 aliphatic carbocycles. The third-order valence-corrected chi connectivity index (χ3v) is 5.73. The lowest BCUT2D eigenvalue weighted by molar-refractivity contribution is 0.863. The molecular weight excluding hydrogens is 396 g/mol. The lowest BCUT2D eigenvalue weighted by Crippen LogP contribution is -2.22. The van der Waals surface area contributed by atoms with E-state index in [-0.39, 0.29) is 5.56 Å². The van der Waals surface area contributed by atoms with E-state index < -0.39 is 0 Å². The van der Waals surface area contributed by atoms with Crippen LogP contribution in [0.15, 0.2) is 89.9 Å². The van der Waals surface area contributed by atoms with E-state index in [1.807, 2.05) is 73.7 Å². The average Bonchev–Trinajstić information content (AvgIpc) is 3.25. The van der Waals surface area contributed by atoms with E-state index in [2.05, 4.69) is 31.1 Å². The molecule has 0 radical (unpaired) electrons. The summed E-state index contributed by atoms with van der Waals surface area (Å²) < 4.78 is 3.41. The van der Waals surface area contributed by atoms with Crippen molar-refractivity contribution in [3.63, 3.8) is 0 Å². The maximum Gasteiger partial charge on any atom is 0.269 e. The van der Waals surface area contributed by atoms with E-state index >= 15 is 0 Å². The molecule has 5 heteroatoms. The van der Waals surface area contributed by atoms with Crippen LogP contribution in [-0.2, 0) is 0 Å². The number of para-hydroxylation sites is 1. The van der Waals surface area contributed by atoms with Crippen LogP contribution >= 0.6 is 0 Å². The zero-order valence-electron chi connectivity index (χ0n) is 18.4. The van der Waals surface area contributed by atoms with E-state index in [4.69, 9.17) is 4.98 Å². The number of benzene rings is 3. The van der Waals surface area contributed by atoms with Gasteiger partial charge >= 0.3 is 0 Å². The Labute approximate surface area is 186 Å². The van der Waals surface area contributed by atoms with Gasteiger partial charge in [0.15, 0.2) is 5.65 Å². The number of aromatic nitrogens is 4. The van der Waals surface area contributed by atoms with Gasteiger partial charge in [0.2, 0.25) is 0 Å². The maximum absolute atomic E-state index is 13.7. The van der Waals surface area contributed by atoms with Gasteiger partial charge < -0.3 is 0 Å². The van der Waals surface area contributed by atoms with Crippen LogP contribution in [0.3, 0.4) is 0 Å². The van der Waals surface area contributed by atoms with Gasteiger partial charge in [-0.15, -0.1) is 0 Å². The Balaban J connectivity index is 1.80. The normalized spacial score (nSPS) is 11.4. The molecule has 32 heavy (non-hydrogen) atoms. The molecule has 0 aliphatic heterocycles. The van der Waals surface area contributed by atoms with Gasteiger partial charge in [-0.2, -0.15) is 5.10 Å². The monoisotopic (exact) mass is 420 g/mol. The van der Waals surface area contributed by atoms with E-state index in [0.29, 0.717) is 22.8 Å². The van der Waals surface area contributed by atoms with Gasteiger partial charge in [-0.25, -0.2) is 9.67 Å². The van der Waals surface area contributed by atoms with Crippen molar-refractivity contribution in [3.8, 4) is 22.8 Å². The smallest absolute Gasteiger partial charge is 0.268 e. The number of fused-ring (bicyclic) bond motifs is 1. The van der Waals surface area contributed by atoms with E-state index in [9.17, 15) is 4.79 Å². The first-order valence-electron chi connectivity index (χ1n) is 10.8. The molecule has 0 amide bonds. The first-order valence-corrected chi connectivity index (χ1v) is 10.8. The van der Waals surface area contributed by atoms with Crippen molar-refractivity contribution in [2.24, 2.45) is 0 Å². The number of rotatable bonds is 4. The summed E-state index contributed by atoms with van der Waals surface area (Å²) in [4.78, 5) is 18.7. The molecule has 0 saturated heterocycles. The van der Waals surface area contributed by atoms with E-state index in [0.717, 1.165) is 22.5 Å². The van der Waals surface area contributed by atoms with Gasteiger partial charge in [0.25, 0.3) is 5.56 Å². The topological polar surface area (TPSA) is 52.7 Å². The summed E-state index contributed by atoms with van der Waals surface area (Å²) in [6, 6.07) is 26.0. The fourth-order valence-corrected chi connectivity index (χ4v) is 3.87. The van der Waals surface area contributed by atoms with Crippen molar-refractivity contribution in [2.75, 3.05) is 0 Å². The Morgan fingerprint density at radius 2 is 1.50 bits per heavy atom. The van der Waals surface area contributed by atoms with Crippen molar-refractivity contribution < 1.29 is 0 Å². The predicted octanol–water partition coefficient (Wildman–Crippen LogP) is 5.67. The molecule has 158 valence electrons. The zero-order valence-corrected chi connectivity index (χ0v) is 18.4. The quantitative estimate of drug-likeness (QED) is 0.376. The molecule has 0 fully saturated rings. The molecule has 0 bridgehead atoms. The second-order valence-electron chi connectivity index (χ2n) is 8.32. The number of aryl methyl sites for hydroxylation is 1. The highest BCUT2D eigenvalue weighted by atomic mass is 16.1. The van der Waals surface area contributed by atoms with Crippen LogP contribution in [0.2, 0.25) is 0 Å². The Hall–Kier alpha value is -3.99. The number of hydrogen-bond donors (Lipinski definition) is 0. The fraction of sp³-hybridized carbons (Fsp3) is 0.148. The van der Waals surface area contributed by atoms with Crippen molar-refractivity contribution in [3.05, 3.63) is 107 Å². The zero-order chi connectivity index (χ0) is 22.2. The summed E-state index contributed by atoms with van der Waals surface area (Å²) in [5.74, 6) is 1.01. The number of hydrogen-bond acceptors (Lipinski definition) is 3. The lowest BCUT2D eigenvalue weighted by atomic mass is 10.0. The lowest BCUT2D eigenvalue weighted by Gasteiger charge is -2.15. The molecule has 0 saturated carbocycles. The molecule has 0 aliphatic rings. The summed E-state index contributed by atoms with van der Waals surface area (Å²) in [5, 5.41) is 4.97. The van der Waals surface area contributed by atoms with Gasteiger partial charge in [-0.05, 0) is 42.7 Å². The fourth-order valence-electron chi connectivity index (χ4n) is 3.87. The van der Waals surface area contributed by atoms with Crippen LogP contribution in [0.1, 0.15) is 30.9 Å². The van der Waals surface area contributed by atoms with Crippen molar-refractivity contribution in [1.82, 2.24) is 19.3 Å². The Kier molecular flexibility index (Phi) is 4.94. The summed E-state index contributed by atoms with van der Waals surface area (Å²) in [6.07, 6.45) is 1.61. The Morgan fingerprint density at radius 3 is 2.16 bits per heavy atom. The molecule has 5 aromatic rings. The molecule has 0 spiro atoms. The minimum absolute atomic E-state index is 0.134. The van der Waals surface area contributed by atoms with Gasteiger partial charge in [-0.1, -0.05) is 74.0 Å². The third kappa shape index (κ3) is 3.42. The molecule has 5 nitrogen and oxygen atoms in total. The minimum Gasteiger partial charge on any atom is -0.268 e. The number of nitrogens with zero attached hydrogens (tertiary/aromatic N) is 4. The average molecular weight is 421 g/mol. The largest absolute Gasteiger partial charge is 0.269 e. The Bertz CT molecular complexity index is 1440. The van der Waals surface area contributed by atoms with Crippen LogP contribution in [0.25, 0.3) is 33.8 Å². The van der Waals surface area contributed by atoms with Gasteiger partial charge in [0.05, 0.1) is 17.6 Å². The highest BCUT2D eigenvalue weighted by Gasteiger charge is 2.18. The molecule has 2 aromatic heterocycles. The van der Waals surface area contributed by atoms with Crippen molar-refractivity contribution in [1.29, 1.82) is 0 Å². The van der Waals surface area contributed by atoms with E-state index in [1.165, 1.54) is 5.56 Å². The molecule has 0 atom stereocenters. The van der Waals surface area contributed by atoms with Crippen molar-refractivity contribution in [2.45, 2.75) is 26.7 Å². The van der Waals surface area contributed by atoms with Crippen molar-refractivity contribution >= 4 is 11.0 Å². The summed E-state index contributed by atoms with van der Waals surface area (Å²) in [7, 11) is 0. The summed E-state index contributed by atoms with van der Waals surface area (Å²) in [5.41, 5.74) is 5.32. The minimum atomic E-state index is -0.134.